The SMILES string of the molecule is CC(=O)CC(C)=O.CCOC(=O)C(C(C)=O)C(C)=O. The lowest BCUT2D eigenvalue weighted by Gasteiger charge is -2.07. The fourth-order valence-electron chi connectivity index (χ4n) is 1.19. The van der Waals surface area contributed by atoms with Crippen molar-refractivity contribution in [2.24, 2.45) is 5.92 Å². The average Bonchev–Trinajstić information content (AvgIpc) is 2.14. The van der Waals surface area contributed by atoms with Crippen LogP contribution in [0.25, 0.3) is 0 Å². The molecule has 0 atom stereocenters. The van der Waals surface area contributed by atoms with E-state index in [2.05, 4.69) is 4.74 Å². The lowest BCUT2D eigenvalue weighted by atomic mass is 10.0. The van der Waals surface area contributed by atoms with Gasteiger partial charge in [-0.2, -0.15) is 0 Å². The Morgan fingerprint density at radius 2 is 1.21 bits per heavy atom. The van der Waals surface area contributed by atoms with Crippen molar-refractivity contribution in [3.8, 4) is 0 Å². The summed E-state index contributed by atoms with van der Waals surface area (Å²) in [6.45, 7) is 7.00. The molecule has 0 fully saturated rings. The molecule has 0 aromatic rings. The largest absolute Gasteiger partial charge is 0.465 e. The molecule has 0 rings (SSSR count). The lowest BCUT2D eigenvalue weighted by molar-refractivity contribution is -0.154. The van der Waals surface area contributed by atoms with Crippen molar-refractivity contribution < 1.29 is 28.7 Å². The van der Waals surface area contributed by atoms with Gasteiger partial charge in [-0.25, -0.2) is 0 Å². The van der Waals surface area contributed by atoms with Gasteiger partial charge in [-0.3, -0.25) is 24.0 Å². The molecule has 0 bridgehead atoms. The van der Waals surface area contributed by atoms with E-state index in [1.807, 2.05) is 0 Å². The maximum absolute atomic E-state index is 11.0. The van der Waals surface area contributed by atoms with Gasteiger partial charge in [-0.1, -0.05) is 0 Å². The van der Waals surface area contributed by atoms with Gasteiger partial charge >= 0.3 is 5.97 Å². The number of carbonyl (C=O) groups is 5. The number of Topliss-reactive ketones (excluding diaryl/α,β-unsaturated/α-hetero) is 4. The number of ketones is 4. The first-order valence-electron chi connectivity index (χ1n) is 5.79. The van der Waals surface area contributed by atoms with Gasteiger partial charge in [0.1, 0.15) is 11.6 Å². The monoisotopic (exact) mass is 272 g/mol. The number of rotatable bonds is 6. The van der Waals surface area contributed by atoms with Gasteiger partial charge in [0.2, 0.25) is 0 Å². The Morgan fingerprint density at radius 1 is 0.842 bits per heavy atom. The Balaban J connectivity index is 0. The summed E-state index contributed by atoms with van der Waals surface area (Å²) in [4.78, 5) is 52.6. The third kappa shape index (κ3) is 11.0. The van der Waals surface area contributed by atoms with E-state index >= 15 is 0 Å². The highest BCUT2D eigenvalue weighted by atomic mass is 16.5. The molecule has 0 unspecified atom stereocenters. The number of ether oxygens (including phenoxy) is 1. The summed E-state index contributed by atoms with van der Waals surface area (Å²) >= 11 is 0. The second-order valence-electron chi connectivity index (χ2n) is 3.99. The summed E-state index contributed by atoms with van der Waals surface area (Å²) in [6, 6.07) is 0. The molecule has 0 aliphatic carbocycles. The highest BCUT2D eigenvalue weighted by Crippen LogP contribution is 2.03. The Bertz CT molecular complexity index is 343. The lowest BCUT2D eigenvalue weighted by Crippen LogP contribution is -2.30. The summed E-state index contributed by atoms with van der Waals surface area (Å²) in [5, 5.41) is 0. The average molecular weight is 272 g/mol. The number of hydrogen-bond donors (Lipinski definition) is 0. The zero-order chi connectivity index (χ0) is 15.6. The Hall–Kier alpha value is -1.85. The molecule has 0 N–H and O–H groups in total. The van der Waals surface area contributed by atoms with E-state index < -0.39 is 23.5 Å². The van der Waals surface area contributed by atoms with Gasteiger partial charge in [-0.05, 0) is 34.6 Å². The molecule has 6 nitrogen and oxygen atoms in total. The standard InChI is InChI=1S/C8H12O4.C5H8O2/c1-4-12-8(11)7(5(2)9)6(3)10;1-4(6)3-5(2)7/h7H,4H2,1-3H3;3H2,1-2H3. The van der Waals surface area contributed by atoms with Crippen LogP contribution in [0.3, 0.4) is 0 Å². The van der Waals surface area contributed by atoms with E-state index in [4.69, 9.17) is 0 Å². The molecule has 6 heteroatoms. The molecule has 0 heterocycles. The second kappa shape index (κ2) is 10.1. The predicted molar refractivity (Wildman–Crippen MR) is 67.5 cm³/mol. The summed E-state index contributed by atoms with van der Waals surface area (Å²) in [5.74, 6) is -3.05. The molecule has 0 aromatic carbocycles. The topological polar surface area (TPSA) is 94.6 Å². The molecule has 0 aliphatic rings. The minimum atomic E-state index is -1.23. The predicted octanol–water partition coefficient (Wildman–Crippen LogP) is 0.898. The Labute approximate surface area is 112 Å². The van der Waals surface area contributed by atoms with Crippen molar-refractivity contribution in [3.05, 3.63) is 0 Å². The quantitative estimate of drug-likeness (QED) is 0.526. The molecule has 0 saturated heterocycles. The first-order chi connectivity index (χ1) is 8.63. The molecule has 0 spiro atoms. The van der Waals surface area contributed by atoms with E-state index in [0.29, 0.717) is 0 Å². The van der Waals surface area contributed by atoms with Crippen molar-refractivity contribution in [1.29, 1.82) is 0 Å². The van der Waals surface area contributed by atoms with Gasteiger partial charge in [0.25, 0.3) is 0 Å². The molecule has 0 aromatic heterocycles. The molecule has 19 heavy (non-hydrogen) atoms. The number of carbonyl (C=O) groups excluding carboxylic acids is 5. The third-order valence-corrected chi connectivity index (χ3v) is 1.83. The fourth-order valence-corrected chi connectivity index (χ4v) is 1.19. The Morgan fingerprint density at radius 3 is 1.37 bits per heavy atom. The van der Waals surface area contributed by atoms with Crippen molar-refractivity contribution in [3.63, 3.8) is 0 Å². The van der Waals surface area contributed by atoms with E-state index in [0.717, 1.165) is 0 Å². The zero-order valence-corrected chi connectivity index (χ0v) is 11.9. The van der Waals surface area contributed by atoms with Crippen molar-refractivity contribution >= 4 is 29.1 Å². The van der Waals surface area contributed by atoms with Gasteiger partial charge in [0.15, 0.2) is 17.5 Å². The van der Waals surface area contributed by atoms with Gasteiger partial charge in [0.05, 0.1) is 13.0 Å². The third-order valence-electron chi connectivity index (χ3n) is 1.83. The first kappa shape index (κ1) is 19.5. The molecule has 0 saturated carbocycles. The van der Waals surface area contributed by atoms with E-state index in [1.54, 1.807) is 6.92 Å². The first-order valence-corrected chi connectivity index (χ1v) is 5.79. The van der Waals surface area contributed by atoms with Crippen LogP contribution in [0.5, 0.6) is 0 Å². The summed E-state index contributed by atoms with van der Waals surface area (Å²) in [7, 11) is 0. The summed E-state index contributed by atoms with van der Waals surface area (Å²) in [6.07, 6.45) is 0.0833. The second-order valence-corrected chi connectivity index (χ2v) is 3.99. The zero-order valence-electron chi connectivity index (χ0n) is 11.9. The Kier molecular flexibility index (Phi) is 10.4. The number of esters is 1. The molecular formula is C13H20O6. The highest BCUT2D eigenvalue weighted by molar-refractivity contribution is 6.15. The van der Waals surface area contributed by atoms with Crippen LogP contribution in [0, 0.1) is 5.92 Å². The van der Waals surface area contributed by atoms with Crippen LogP contribution in [0.15, 0.2) is 0 Å². The van der Waals surface area contributed by atoms with Crippen molar-refractivity contribution in [2.75, 3.05) is 6.61 Å². The molecular weight excluding hydrogens is 252 g/mol. The maximum Gasteiger partial charge on any atom is 0.324 e. The van der Waals surface area contributed by atoms with Gasteiger partial charge in [0, 0.05) is 0 Å². The van der Waals surface area contributed by atoms with Crippen LogP contribution in [0.2, 0.25) is 0 Å². The van der Waals surface area contributed by atoms with Gasteiger partial charge in [-0.15, -0.1) is 0 Å². The van der Waals surface area contributed by atoms with Crippen LogP contribution in [-0.4, -0.2) is 35.7 Å². The summed E-state index contributed by atoms with van der Waals surface area (Å²) < 4.78 is 4.55. The van der Waals surface area contributed by atoms with Crippen LogP contribution in [0.4, 0.5) is 0 Å². The maximum atomic E-state index is 11.0. The molecule has 0 radical (unpaired) electrons. The summed E-state index contributed by atoms with van der Waals surface area (Å²) in [5.41, 5.74) is 0. The number of hydrogen-bond acceptors (Lipinski definition) is 6. The smallest absolute Gasteiger partial charge is 0.324 e. The normalized spacial score (nSPS) is 9.16. The molecule has 0 amide bonds. The van der Waals surface area contributed by atoms with Crippen LogP contribution in [0.1, 0.15) is 41.0 Å². The van der Waals surface area contributed by atoms with E-state index in [9.17, 15) is 24.0 Å². The molecule has 0 aliphatic heterocycles. The minimum Gasteiger partial charge on any atom is -0.465 e. The van der Waals surface area contributed by atoms with Crippen LogP contribution < -0.4 is 0 Å². The van der Waals surface area contributed by atoms with Crippen LogP contribution in [-0.2, 0) is 28.7 Å². The van der Waals surface area contributed by atoms with E-state index in [-0.39, 0.29) is 24.6 Å². The van der Waals surface area contributed by atoms with Gasteiger partial charge < -0.3 is 4.74 Å². The van der Waals surface area contributed by atoms with Crippen LogP contribution >= 0.6 is 0 Å². The highest BCUT2D eigenvalue weighted by Gasteiger charge is 2.28. The fraction of sp³-hybridized carbons (Fsp3) is 0.615. The molecule has 108 valence electrons. The van der Waals surface area contributed by atoms with E-state index in [1.165, 1.54) is 27.7 Å². The van der Waals surface area contributed by atoms with Crippen molar-refractivity contribution in [1.82, 2.24) is 0 Å². The van der Waals surface area contributed by atoms with Crippen molar-refractivity contribution in [2.45, 2.75) is 41.0 Å². The minimum absolute atomic E-state index is 0.0625.